The molecule has 0 N–H and O–H groups in total. The van der Waals surface area contributed by atoms with E-state index in [1.807, 2.05) is 11.1 Å². The van der Waals surface area contributed by atoms with E-state index in [1.165, 1.54) is 42.7 Å². The normalized spacial score (nSPS) is 19.0. The zero-order valence-electron chi connectivity index (χ0n) is 21.9. The number of thiazole rings is 1. The predicted molar refractivity (Wildman–Crippen MR) is 144 cm³/mol. The van der Waals surface area contributed by atoms with Crippen LogP contribution in [0.15, 0.2) is 30.5 Å². The first-order chi connectivity index (χ1) is 18.8. The quantitative estimate of drug-likeness (QED) is 0.458. The standard InChI is InChI=1S/C28H31F3N6OS/c1-18-24(39-25(33-18)19-5-7-21(8-6-19)28(29,30)31)26(38)36-11-9-20-17-32-27(34-23(20)10-12-36)37-15-13-35(14-16-37)22-3-2-4-22/h5-8,17,22H,2-4,9-16H2,1H3. The molecule has 7 nitrogen and oxygen atoms in total. The van der Waals surface area contributed by atoms with E-state index in [2.05, 4.69) is 19.8 Å². The van der Waals surface area contributed by atoms with Gasteiger partial charge in [0.05, 0.1) is 17.0 Å². The van der Waals surface area contributed by atoms with Crippen molar-refractivity contribution in [2.75, 3.05) is 44.2 Å². The van der Waals surface area contributed by atoms with Gasteiger partial charge in [-0.25, -0.2) is 15.0 Å². The molecule has 2 aliphatic heterocycles. The van der Waals surface area contributed by atoms with Gasteiger partial charge in [-0.1, -0.05) is 18.6 Å². The van der Waals surface area contributed by atoms with Gasteiger partial charge < -0.3 is 9.80 Å². The Kier molecular flexibility index (Phi) is 7.05. The molecule has 39 heavy (non-hydrogen) atoms. The van der Waals surface area contributed by atoms with Crippen molar-refractivity contribution in [1.29, 1.82) is 0 Å². The predicted octanol–water partition coefficient (Wildman–Crippen LogP) is 4.84. The number of aromatic nitrogens is 3. The lowest BCUT2D eigenvalue weighted by Crippen LogP contribution is -2.52. The molecule has 1 aliphatic carbocycles. The summed E-state index contributed by atoms with van der Waals surface area (Å²) in [5, 5.41) is 0.538. The maximum Gasteiger partial charge on any atom is 0.416 e. The molecule has 2 aromatic heterocycles. The largest absolute Gasteiger partial charge is 0.416 e. The molecular weight excluding hydrogens is 525 g/mol. The van der Waals surface area contributed by atoms with Crippen molar-refractivity contribution in [2.24, 2.45) is 0 Å². The number of anilines is 1. The van der Waals surface area contributed by atoms with E-state index in [0.717, 1.165) is 61.6 Å². The van der Waals surface area contributed by atoms with Crippen molar-refractivity contribution in [1.82, 2.24) is 24.8 Å². The fourth-order valence-corrected chi connectivity index (χ4v) is 6.56. The molecule has 0 bridgehead atoms. The molecule has 2 fully saturated rings. The highest BCUT2D eigenvalue weighted by atomic mass is 32.1. The Morgan fingerprint density at radius 3 is 2.36 bits per heavy atom. The zero-order chi connectivity index (χ0) is 27.1. The molecule has 1 saturated carbocycles. The third-order valence-corrected chi connectivity index (χ3v) is 9.33. The van der Waals surface area contributed by atoms with Crippen LogP contribution in [0.2, 0.25) is 0 Å². The number of hydrogen-bond donors (Lipinski definition) is 0. The Bertz CT molecular complexity index is 1350. The third-order valence-electron chi connectivity index (χ3n) is 8.14. The van der Waals surface area contributed by atoms with E-state index in [4.69, 9.17) is 4.98 Å². The lowest BCUT2D eigenvalue weighted by Gasteiger charge is -2.43. The second-order valence-electron chi connectivity index (χ2n) is 10.6. The molecule has 11 heteroatoms. The molecule has 1 amide bonds. The molecule has 0 atom stereocenters. The van der Waals surface area contributed by atoms with Crippen LogP contribution in [-0.2, 0) is 19.0 Å². The van der Waals surface area contributed by atoms with Crippen molar-refractivity contribution in [3.8, 4) is 10.6 Å². The Balaban J connectivity index is 1.11. The first-order valence-corrected chi connectivity index (χ1v) is 14.4. The number of carbonyl (C=O) groups is 1. The number of piperazine rings is 1. The average Bonchev–Trinajstić information content (AvgIpc) is 3.16. The molecule has 0 unspecified atom stereocenters. The van der Waals surface area contributed by atoms with Crippen molar-refractivity contribution < 1.29 is 18.0 Å². The first-order valence-electron chi connectivity index (χ1n) is 13.5. The highest BCUT2D eigenvalue weighted by molar-refractivity contribution is 7.17. The fraction of sp³-hybridized carbons (Fsp3) is 0.500. The maximum absolute atomic E-state index is 13.5. The van der Waals surface area contributed by atoms with Gasteiger partial charge in [-0.2, -0.15) is 13.2 Å². The van der Waals surface area contributed by atoms with E-state index < -0.39 is 11.7 Å². The van der Waals surface area contributed by atoms with Crippen molar-refractivity contribution in [2.45, 2.75) is 51.2 Å². The number of alkyl halides is 3. The number of benzene rings is 1. The smallest absolute Gasteiger partial charge is 0.338 e. The van der Waals surface area contributed by atoms with Gasteiger partial charge in [0.2, 0.25) is 5.95 Å². The minimum Gasteiger partial charge on any atom is -0.338 e. The minimum atomic E-state index is -4.39. The number of nitrogens with zero attached hydrogens (tertiary/aromatic N) is 6. The second-order valence-corrected chi connectivity index (χ2v) is 11.5. The summed E-state index contributed by atoms with van der Waals surface area (Å²) in [6.07, 6.45) is 2.86. The van der Waals surface area contributed by atoms with Gasteiger partial charge in [0, 0.05) is 63.5 Å². The van der Waals surface area contributed by atoms with Gasteiger partial charge in [-0.05, 0) is 43.9 Å². The Hall–Kier alpha value is -3.05. The maximum atomic E-state index is 13.5. The molecule has 206 valence electrons. The topological polar surface area (TPSA) is 65.5 Å². The van der Waals surface area contributed by atoms with E-state index >= 15 is 0 Å². The van der Waals surface area contributed by atoms with E-state index in [0.29, 0.717) is 47.1 Å². The highest BCUT2D eigenvalue weighted by Gasteiger charge is 2.31. The van der Waals surface area contributed by atoms with Gasteiger partial charge in [0.15, 0.2) is 0 Å². The van der Waals surface area contributed by atoms with Crippen LogP contribution in [-0.4, -0.2) is 76.0 Å². The molecule has 3 aliphatic rings. The fourth-order valence-electron chi connectivity index (χ4n) is 5.52. The van der Waals surface area contributed by atoms with Gasteiger partial charge in [0.1, 0.15) is 9.88 Å². The minimum absolute atomic E-state index is 0.101. The van der Waals surface area contributed by atoms with Crippen LogP contribution in [0.4, 0.5) is 19.1 Å². The zero-order valence-corrected chi connectivity index (χ0v) is 22.7. The van der Waals surface area contributed by atoms with Crippen LogP contribution in [0.25, 0.3) is 10.6 Å². The van der Waals surface area contributed by atoms with Gasteiger partial charge >= 0.3 is 6.18 Å². The summed E-state index contributed by atoms with van der Waals surface area (Å²) in [4.78, 5) is 34.8. The number of amides is 1. The number of halogens is 3. The number of hydrogen-bond acceptors (Lipinski definition) is 7. The van der Waals surface area contributed by atoms with Crippen molar-refractivity contribution in [3.63, 3.8) is 0 Å². The molecule has 0 spiro atoms. The monoisotopic (exact) mass is 556 g/mol. The Morgan fingerprint density at radius 1 is 0.974 bits per heavy atom. The first kappa shape index (κ1) is 26.2. The summed E-state index contributed by atoms with van der Waals surface area (Å²) in [5.74, 6) is 0.678. The number of rotatable bonds is 4. The summed E-state index contributed by atoms with van der Waals surface area (Å²) in [6.45, 7) is 6.85. The van der Waals surface area contributed by atoms with Crippen LogP contribution in [0.3, 0.4) is 0 Å². The molecule has 6 rings (SSSR count). The summed E-state index contributed by atoms with van der Waals surface area (Å²) in [5.41, 5.74) is 2.53. The lowest BCUT2D eigenvalue weighted by atomic mass is 9.91. The number of fused-ring (bicyclic) bond motifs is 1. The molecule has 3 aromatic rings. The van der Waals surface area contributed by atoms with Crippen molar-refractivity contribution in [3.05, 3.63) is 57.9 Å². The van der Waals surface area contributed by atoms with E-state index in [9.17, 15) is 18.0 Å². The van der Waals surface area contributed by atoms with Crippen LogP contribution >= 0.6 is 11.3 Å². The SMILES string of the molecule is Cc1nc(-c2ccc(C(F)(F)F)cc2)sc1C(=O)N1CCc2cnc(N3CCN(C4CCC4)CC3)nc2CC1. The van der Waals surface area contributed by atoms with Crippen molar-refractivity contribution >= 4 is 23.2 Å². The highest BCUT2D eigenvalue weighted by Crippen LogP contribution is 2.34. The summed E-state index contributed by atoms with van der Waals surface area (Å²) in [6, 6.07) is 5.66. The molecule has 1 aromatic carbocycles. The molecule has 4 heterocycles. The number of aryl methyl sites for hydroxylation is 1. The van der Waals surface area contributed by atoms with Gasteiger partial charge in [-0.3, -0.25) is 9.69 Å². The average molecular weight is 557 g/mol. The van der Waals surface area contributed by atoms with Crippen LogP contribution in [0, 0.1) is 6.92 Å². The lowest BCUT2D eigenvalue weighted by molar-refractivity contribution is -0.137. The van der Waals surface area contributed by atoms with E-state index in [1.54, 1.807) is 6.92 Å². The molecular formula is C28H31F3N6OS. The number of carbonyl (C=O) groups excluding carboxylic acids is 1. The van der Waals surface area contributed by atoms with Crippen LogP contribution in [0.1, 0.15) is 51.4 Å². The molecule has 1 saturated heterocycles. The Morgan fingerprint density at radius 2 is 1.69 bits per heavy atom. The summed E-state index contributed by atoms with van der Waals surface area (Å²) >= 11 is 1.23. The van der Waals surface area contributed by atoms with E-state index in [-0.39, 0.29) is 5.91 Å². The van der Waals surface area contributed by atoms with Gasteiger partial charge in [-0.15, -0.1) is 11.3 Å². The second kappa shape index (κ2) is 10.5. The summed E-state index contributed by atoms with van der Waals surface area (Å²) < 4.78 is 38.8. The van der Waals surface area contributed by atoms with Crippen LogP contribution < -0.4 is 4.90 Å². The Labute approximate surface area is 229 Å². The third kappa shape index (κ3) is 5.38. The summed E-state index contributed by atoms with van der Waals surface area (Å²) in [7, 11) is 0. The molecule has 0 radical (unpaired) electrons. The van der Waals surface area contributed by atoms with Crippen LogP contribution in [0.5, 0.6) is 0 Å². The van der Waals surface area contributed by atoms with Gasteiger partial charge in [0.25, 0.3) is 5.91 Å².